The fourth-order valence-corrected chi connectivity index (χ4v) is 2.14. The Morgan fingerprint density at radius 3 is 2.93 bits per heavy atom. The van der Waals surface area contributed by atoms with Crippen LogP contribution in [-0.4, -0.2) is 43.8 Å². The van der Waals surface area contributed by atoms with E-state index < -0.39 is 0 Å². The first-order valence-electron chi connectivity index (χ1n) is 5.68. The summed E-state index contributed by atoms with van der Waals surface area (Å²) in [6, 6.07) is 0.474. The lowest BCUT2D eigenvalue weighted by Gasteiger charge is -2.38. The second kappa shape index (κ2) is 6.84. The Hall–Kier alpha value is -0.560. The molecule has 1 aliphatic rings. The molecule has 1 aliphatic heterocycles. The smallest absolute Gasteiger partial charge is 0.0599 e. The third kappa shape index (κ3) is 3.83. The van der Waals surface area contributed by atoms with Crippen LogP contribution in [-0.2, 0) is 4.74 Å². The monoisotopic (exact) mass is 210 g/mol. The number of likely N-dealkylation sites (tertiary alicyclic amines) is 1. The summed E-state index contributed by atoms with van der Waals surface area (Å²) in [6.07, 6.45) is 3.52. The minimum atomic E-state index is 0.395. The topological polar surface area (TPSA) is 38.5 Å². The number of methoxy groups -OCH3 is 1. The third-order valence-electron chi connectivity index (χ3n) is 3.10. The van der Waals surface area contributed by atoms with Crippen molar-refractivity contribution in [2.45, 2.75) is 38.3 Å². The number of hydrogen-bond donors (Lipinski definition) is 1. The maximum absolute atomic E-state index is 5.78. The van der Waals surface area contributed by atoms with E-state index in [4.69, 9.17) is 10.5 Å². The highest BCUT2D eigenvalue weighted by Gasteiger charge is 2.26. The zero-order valence-electron chi connectivity index (χ0n) is 9.83. The number of hydrogen-bond acceptors (Lipinski definition) is 3. The van der Waals surface area contributed by atoms with Gasteiger partial charge in [-0.3, -0.25) is 4.90 Å². The molecule has 0 saturated carbocycles. The van der Waals surface area contributed by atoms with Crippen LogP contribution in [0.5, 0.6) is 0 Å². The molecule has 3 nitrogen and oxygen atoms in total. The van der Waals surface area contributed by atoms with Crippen LogP contribution in [0.4, 0.5) is 0 Å². The highest BCUT2D eigenvalue weighted by atomic mass is 16.5. The molecule has 1 fully saturated rings. The molecule has 1 saturated heterocycles. The quantitative estimate of drug-likeness (QED) is 0.699. The molecule has 0 aromatic rings. The molecule has 86 valence electrons. The van der Waals surface area contributed by atoms with Crippen molar-refractivity contribution in [3.05, 3.63) is 0 Å². The Balaban J connectivity index is 2.38. The van der Waals surface area contributed by atoms with Gasteiger partial charge in [0.25, 0.3) is 0 Å². The maximum atomic E-state index is 5.78. The van der Waals surface area contributed by atoms with Crippen molar-refractivity contribution in [2.75, 3.05) is 26.7 Å². The van der Waals surface area contributed by atoms with Crippen LogP contribution in [0.3, 0.4) is 0 Å². The minimum absolute atomic E-state index is 0.395. The van der Waals surface area contributed by atoms with Crippen LogP contribution in [0.25, 0.3) is 0 Å². The number of piperidine rings is 1. The van der Waals surface area contributed by atoms with E-state index in [9.17, 15) is 0 Å². The van der Waals surface area contributed by atoms with Gasteiger partial charge in [0.15, 0.2) is 0 Å². The molecule has 2 atom stereocenters. The van der Waals surface area contributed by atoms with Gasteiger partial charge in [-0.15, -0.1) is 11.8 Å². The molecule has 1 rings (SSSR count). The van der Waals surface area contributed by atoms with Crippen molar-refractivity contribution in [1.82, 2.24) is 4.90 Å². The molecule has 1 heterocycles. The summed E-state index contributed by atoms with van der Waals surface area (Å²) in [4.78, 5) is 2.44. The fraction of sp³-hybridized carbons (Fsp3) is 0.833. The third-order valence-corrected chi connectivity index (χ3v) is 3.10. The van der Waals surface area contributed by atoms with Crippen LogP contribution >= 0.6 is 0 Å². The maximum Gasteiger partial charge on any atom is 0.0599 e. The van der Waals surface area contributed by atoms with Crippen molar-refractivity contribution in [1.29, 1.82) is 0 Å². The van der Waals surface area contributed by atoms with Gasteiger partial charge in [0.05, 0.1) is 6.10 Å². The molecule has 0 radical (unpaired) electrons. The Morgan fingerprint density at radius 2 is 2.33 bits per heavy atom. The van der Waals surface area contributed by atoms with Crippen LogP contribution in [0.2, 0.25) is 0 Å². The van der Waals surface area contributed by atoms with Crippen LogP contribution in [0.15, 0.2) is 0 Å². The zero-order chi connectivity index (χ0) is 11.1. The fourth-order valence-electron chi connectivity index (χ4n) is 2.14. The molecule has 0 aromatic heterocycles. The first kappa shape index (κ1) is 12.5. The first-order chi connectivity index (χ1) is 7.31. The standard InChI is InChI=1S/C12H22N2O/c1-3-4-5-7-14-8-6-12(15-2)9-11(14)10-13/h11-12H,5-10,13H2,1-2H3. The largest absolute Gasteiger partial charge is 0.381 e. The highest BCUT2D eigenvalue weighted by molar-refractivity contribution is 4.96. The minimum Gasteiger partial charge on any atom is -0.381 e. The molecular formula is C12H22N2O. The van der Waals surface area contributed by atoms with E-state index in [0.29, 0.717) is 12.1 Å². The van der Waals surface area contributed by atoms with Gasteiger partial charge in [0, 0.05) is 39.2 Å². The highest BCUT2D eigenvalue weighted by Crippen LogP contribution is 2.18. The zero-order valence-corrected chi connectivity index (χ0v) is 9.83. The molecule has 15 heavy (non-hydrogen) atoms. The lowest BCUT2D eigenvalue weighted by Crippen LogP contribution is -2.48. The molecular weight excluding hydrogens is 188 g/mol. The lowest BCUT2D eigenvalue weighted by molar-refractivity contribution is 0.0142. The molecule has 3 heteroatoms. The Kier molecular flexibility index (Phi) is 5.70. The van der Waals surface area contributed by atoms with E-state index >= 15 is 0 Å². The molecule has 0 amide bonds. The normalized spacial score (nSPS) is 27.1. The van der Waals surface area contributed by atoms with Crippen molar-refractivity contribution < 1.29 is 4.74 Å². The summed E-state index contributed by atoms with van der Waals surface area (Å²) >= 11 is 0. The summed E-state index contributed by atoms with van der Waals surface area (Å²) in [7, 11) is 1.79. The van der Waals surface area contributed by atoms with Gasteiger partial charge in [0.2, 0.25) is 0 Å². The Morgan fingerprint density at radius 1 is 1.53 bits per heavy atom. The predicted octanol–water partition coefficient (Wildman–Crippen LogP) is 0.838. The van der Waals surface area contributed by atoms with E-state index in [0.717, 1.165) is 38.9 Å². The van der Waals surface area contributed by atoms with Crippen LogP contribution in [0.1, 0.15) is 26.2 Å². The van der Waals surface area contributed by atoms with Gasteiger partial charge >= 0.3 is 0 Å². The van der Waals surface area contributed by atoms with E-state index in [2.05, 4.69) is 16.7 Å². The number of nitrogens with zero attached hydrogens (tertiary/aromatic N) is 1. The van der Waals surface area contributed by atoms with Crippen LogP contribution < -0.4 is 5.73 Å². The Bertz CT molecular complexity index is 232. The number of ether oxygens (including phenoxy) is 1. The summed E-state index contributed by atoms with van der Waals surface area (Å²) in [5.74, 6) is 6.03. The van der Waals surface area contributed by atoms with E-state index in [1.54, 1.807) is 7.11 Å². The molecule has 0 aromatic carbocycles. The van der Waals surface area contributed by atoms with E-state index in [1.165, 1.54) is 0 Å². The second-order valence-corrected chi connectivity index (χ2v) is 3.98. The van der Waals surface area contributed by atoms with Crippen molar-refractivity contribution in [3.63, 3.8) is 0 Å². The first-order valence-corrected chi connectivity index (χ1v) is 5.68. The number of rotatable bonds is 4. The van der Waals surface area contributed by atoms with Gasteiger partial charge in [-0.1, -0.05) is 0 Å². The SMILES string of the molecule is CC#CCCN1CCC(OC)CC1CN. The average Bonchev–Trinajstić information content (AvgIpc) is 2.29. The number of nitrogens with two attached hydrogens (primary N) is 1. The van der Waals surface area contributed by atoms with Gasteiger partial charge < -0.3 is 10.5 Å². The summed E-state index contributed by atoms with van der Waals surface area (Å²) in [5, 5.41) is 0. The second-order valence-electron chi connectivity index (χ2n) is 3.98. The van der Waals surface area contributed by atoms with E-state index in [-0.39, 0.29) is 0 Å². The summed E-state index contributed by atoms with van der Waals surface area (Å²) < 4.78 is 5.39. The lowest BCUT2D eigenvalue weighted by atomic mass is 9.99. The van der Waals surface area contributed by atoms with Gasteiger partial charge in [-0.25, -0.2) is 0 Å². The van der Waals surface area contributed by atoms with Gasteiger partial charge in [-0.05, 0) is 19.8 Å². The van der Waals surface area contributed by atoms with Crippen molar-refractivity contribution in [3.8, 4) is 11.8 Å². The van der Waals surface area contributed by atoms with E-state index in [1.807, 2.05) is 6.92 Å². The summed E-state index contributed by atoms with van der Waals surface area (Å²) in [6.45, 7) is 4.74. The average molecular weight is 210 g/mol. The molecule has 2 unspecified atom stereocenters. The predicted molar refractivity (Wildman–Crippen MR) is 62.5 cm³/mol. The Labute approximate surface area is 93.0 Å². The molecule has 0 bridgehead atoms. The van der Waals surface area contributed by atoms with Gasteiger partial charge in [0.1, 0.15) is 0 Å². The van der Waals surface area contributed by atoms with Crippen molar-refractivity contribution in [2.24, 2.45) is 5.73 Å². The molecule has 2 N–H and O–H groups in total. The van der Waals surface area contributed by atoms with Gasteiger partial charge in [-0.2, -0.15) is 0 Å². The van der Waals surface area contributed by atoms with Crippen molar-refractivity contribution >= 4 is 0 Å². The molecule has 0 aliphatic carbocycles. The summed E-state index contributed by atoms with van der Waals surface area (Å²) in [5.41, 5.74) is 5.78. The van der Waals surface area contributed by atoms with Crippen LogP contribution in [0, 0.1) is 11.8 Å². The molecule has 0 spiro atoms.